The first kappa shape index (κ1) is 35.1. The molecule has 0 spiro atoms. The molecule has 4 aromatic rings. The topological polar surface area (TPSA) is 102 Å². The van der Waals surface area contributed by atoms with Gasteiger partial charge in [0.05, 0.1) is 30.2 Å². The van der Waals surface area contributed by atoms with Crippen LogP contribution in [0.5, 0.6) is 0 Å². The van der Waals surface area contributed by atoms with Gasteiger partial charge in [-0.15, -0.1) is 5.10 Å². The Morgan fingerprint density at radius 2 is 1.67 bits per heavy atom. The van der Waals surface area contributed by atoms with Gasteiger partial charge in [-0.05, 0) is 69.3 Å². The number of ether oxygens (including phenoxy) is 1. The molecule has 0 saturated carbocycles. The second kappa shape index (κ2) is 15.3. The van der Waals surface area contributed by atoms with Gasteiger partial charge >= 0.3 is 0 Å². The molecule has 254 valence electrons. The van der Waals surface area contributed by atoms with E-state index >= 15 is 0 Å². The molecule has 2 aromatic heterocycles. The first-order valence-corrected chi connectivity index (χ1v) is 17.2. The van der Waals surface area contributed by atoms with E-state index in [1.165, 1.54) is 0 Å². The summed E-state index contributed by atoms with van der Waals surface area (Å²) in [6.07, 6.45) is 6.05. The van der Waals surface area contributed by atoms with Crippen molar-refractivity contribution in [3.63, 3.8) is 0 Å². The number of carbonyl (C=O) groups excluding carboxylic acids is 2. The highest BCUT2D eigenvalue weighted by atomic mass is 16.5. The molecular formula is C39H50N6O3. The van der Waals surface area contributed by atoms with Gasteiger partial charge in [0.2, 0.25) is 5.91 Å². The zero-order valence-electron chi connectivity index (χ0n) is 29.4. The van der Waals surface area contributed by atoms with E-state index in [1.54, 1.807) is 6.20 Å². The van der Waals surface area contributed by atoms with Crippen molar-refractivity contribution in [3.8, 4) is 22.5 Å². The molecule has 48 heavy (non-hydrogen) atoms. The molecule has 1 N–H and O–H groups in total. The number of hydrogen-bond donors (Lipinski definition) is 1. The molecule has 1 aliphatic heterocycles. The molecule has 9 nitrogen and oxygen atoms in total. The lowest BCUT2D eigenvalue weighted by Crippen LogP contribution is -2.39. The van der Waals surface area contributed by atoms with Gasteiger partial charge in [0, 0.05) is 54.5 Å². The van der Waals surface area contributed by atoms with Crippen molar-refractivity contribution in [2.75, 3.05) is 25.2 Å². The maximum Gasteiger partial charge on any atom is 0.227 e. The summed E-state index contributed by atoms with van der Waals surface area (Å²) < 4.78 is 7.66. The van der Waals surface area contributed by atoms with E-state index in [2.05, 4.69) is 67.4 Å². The highest BCUT2D eigenvalue weighted by molar-refractivity contribution is 6.00. The van der Waals surface area contributed by atoms with Crippen LogP contribution in [0.3, 0.4) is 0 Å². The van der Waals surface area contributed by atoms with E-state index in [0.717, 1.165) is 58.9 Å². The van der Waals surface area contributed by atoms with Crippen LogP contribution >= 0.6 is 0 Å². The lowest BCUT2D eigenvalue weighted by molar-refractivity contribution is -0.119. The molecule has 1 amide bonds. The summed E-state index contributed by atoms with van der Waals surface area (Å²) in [5.74, 6) is 0.135. The molecule has 9 heteroatoms. The van der Waals surface area contributed by atoms with Crippen molar-refractivity contribution in [3.05, 3.63) is 83.7 Å². The number of pyridine rings is 1. The molecule has 0 saturated heterocycles. The van der Waals surface area contributed by atoms with Crippen LogP contribution in [0.1, 0.15) is 94.8 Å². The molecule has 3 heterocycles. The van der Waals surface area contributed by atoms with Crippen LogP contribution in [-0.2, 0) is 22.6 Å². The third kappa shape index (κ3) is 8.44. The number of para-hydroxylation sites is 1. The van der Waals surface area contributed by atoms with Crippen LogP contribution in [0, 0.1) is 5.41 Å². The zero-order valence-corrected chi connectivity index (χ0v) is 29.4. The molecule has 0 fully saturated rings. The number of fused-ring (bicyclic) bond motifs is 5. The molecule has 0 radical (unpaired) electrons. The van der Waals surface area contributed by atoms with Crippen molar-refractivity contribution < 1.29 is 14.3 Å². The Morgan fingerprint density at radius 1 is 0.917 bits per heavy atom. The summed E-state index contributed by atoms with van der Waals surface area (Å²) in [7, 11) is 1.93. The summed E-state index contributed by atoms with van der Waals surface area (Å²) >= 11 is 0. The average molecular weight is 651 g/mol. The summed E-state index contributed by atoms with van der Waals surface area (Å²) in [4.78, 5) is 33.2. The third-order valence-corrected chi connectivity index (χ3v) is 9.76. The van der Waals surface area contributed by atoms with Gasteiger partial charge in [-0.2, -0.15) is 0 Å². The van der Waals surface area contributed by atoms with Crippen LogP contribution in [0.25, 0.3) is 22.5 Å². The van der Waals surface area contributed by atoms with Crippen molar-refractivity contribution in [2.45, 2.75) is 91.8 Å². The number of anilines is 1. The fraction of sp³-hybridized carbons (Fsp3) is 0.462. The smallest absolute Gasteiger partial charge is 0.227 e. The van der Waals surface area contributed by atoms with Crippen molar-refractivity contribution in [2.24, 2.45) is 5.41 Å². The van der Waals surface area contributed by atoms with Crippen molar-refractivity contribution >= 4 is 17.4 Å². The number of aromatic nitrogens is 4. The van der Waals surface area contributed by atoms with Gasteiger partial charge in [0.15, 0.2) is 5.78 Å². The maximum absolute atomic E-state index is 13.8. The number of benzene rings is 2. The van der Waals surface area contributed by atoms with E-state index in [0.29, 0.717) is 50.9 Å². The number of nitrogens with one attached hydrogen (secondary N) is 1. The number of hydrogen-bond acceptors (Lipinski definition) is 7. The SMILES string of the molecule is CCC(C)(C)CCOCCCC(=O)c1ccc(Cn2nnc3c2-c2ccccc2CN(C(=O)CCC(C)(C)NC)c2ccccc2-3)nc1. The number of carbonyl (C=O) groups is 2. The lowest BCUT2D eigenvalue weighted by atomic mass is 9.87. The number of rotatable bonds is 15. The Labute approximate surface area is 285 Å². The first-order chi connectivity index (χ1) is 23.0. The number of nitrogens with zero attached hydrogens (tertiary/aromatic N) is 5. The van der Waals surface area contributed by atoms with Crippen LogP contribution in [-0.4, -0.2) is 57.5 Å². The molecule has 5 rings (SSSR count). The summed E-state index contributed by atoms with van der Waals surface area (Å²) in [5, 5.41) is 12.6. The third-order valence-electron chi connectivity index (χ3n) is 9.76. The highest BCUT2D eigenvalue weighted by Gasteiger charge is 2.30. The van der Waals surface area contributed by atoms with E-state index < -0.39 is 0 Å². The van der Waals surface area contributed by atoms with Gasteiger partial charge in [-0.1, -0.05) is 74.9 Å². The molecule has 1 aliphatic rings. The summed E-state index contributed by atoms with van der Waals surface area (Å²) in [6, 6.07) is 19.8. The Hall–Kier alpha value is -4.21. The Bertz CT molecular complexity index is 1710. The number of amides is 1. The molecule has 0 aliphatic carbocycles. The lowest BCUT2D eigenvalue weighted by Gasteiger charge is -2.30. The predicted molar refractivity (Wildman–Crippen MR) is 191 cm³/mol. The van der Waals surface area contributed by atoms with Crippen LogP contribution in [0.15, 0.2) is 66.9 Å². The Kier molecular flexibility index (Phi) is 11.2. The largest absolute Gasteiger partial charge is 0.381 e. The summed E-state index contributed by atoms with van der Waals surface area (Å²) in [6.45, 7) is 13.0. The van der Waals surface area contributed by atoms with Crippen LogP contribution < -0.4 is 10.2 Å². The number of Topliss-reactive ketones (excluding diaryl/α,β-unsaturated/α-hetero) is 1. The molecule has 0 bridgehead atoms. The minimum absolute atomic E-state index is 0.0663. The van der Waals surface area contributed by atoms with E-state index in [9.17, 15) is 9.59 Å². The normalized spacial score (nSPS) is 12.9. The minimum atomic E-state index is -0.147. The molecule has 0 unspecified atom stereocenters. The van der Waals surface area contributed by atoms with Crippen LogP contribution in [0.4, 0.5) is 5.69 Å². The molecular weight excluding hydrogens is 600 g/mol. The Morgan fingerprint density at radius 3 is 2.40 bits per heavy atom. The zero-order chi connectivity index (χ0) is 34.3. The maximum atomic E-state index is 13.8. The molecule has 0 atom stereocenters. The monoisotopic (exact) mass is 650 g/mol. The van der Waals surface area contributed by atoms with Gasteiger partial charge in [0.25, 0.3) is 0 Å². The van der Waals surface area contributed by atoms with Crippen molar-refractivity contribution in [1.29, 1.82) is 0 Å². The fourth-order valence-corrected chi connectivity index (χ4v) is 5.77. The fourth-order valence-electron chi connectivity index (χ4n) is 5.77. The van der Waals surface area contributed by atoms with Gasteiger partial charge in [-0.25, -0.2) is 4.68 Å². The Balaban J connectivity index is 1.33. The quantitative estimate of drug-likeness (QED) is 0.105. The first-order valence-electron chi connectivity index (χ1n) is 17.2. The highest BCUT2D eigenvalue weighted by Crippen LogP contribution is 2.41. The van der Waals surface area contributed by atoms with Gasteiger partial charge in [-0.3, -0.25) is 14.6 Å². The van der Waals surface area contributed by atoms with E-state index in [4.69, 9.17) is 4.74 Å². The predicted octanol–water partition coefficient (Wildman–Crippen LogP) is 7.49. The average Bonchev–Trinajstić information content (AvgIpc) is 3.49. The van der Waals surface area contributed by atoms with Gasteiger partial charge < -0.3 is 15.0 Å². The number of ketones is 1. The second-order valence-corrected chi connectivity index (χ2v) is 14.2. The molecule has 2 aromatic carbocycles. The van der Waals surface area contributed by atoms with Crippen molar-refractivity contribution in [1.82, 2.24) is 25.3 Å². The summed E-state index contributed by atoms with van der Waals surface area (Å²) in [5.41, 5.74) is 6.80. The van der Waals surface area contributed by atoms with E-state index in [1.807, 2.05) is 65.2 Å². The second-order valence-electron chi connectivity index (χ2n) is 14.2. The standard InChI is InChI=1S/C39H50N6O3/c1-7-38(2,3)22-24-48-23-12-17-34(46)28-18-19-30(41-25-28)27-45-37-31-14-9-8-13-29(31)26-44(35(47)20-21-39(4,5)40-6)33-16-11-10-15-32(33)36(37)42-43-45/h8-11,13-16,18-19,25,40H,7,12,17,20-24,26-27H2,1-6H3. The van der Waals surface area contributed by atoms with Crippen LogP contribution in [0.2, 0.25) is 0 Å². The van der Waals surface area contributed by atoms with E-state index in [-0.39, 0.29) is 22.6 Å². The minimum Gasteiger partial charge on any atom is -0.381 e. The van der Waals surface area contributed by atoms with Gasteiger partial charge in [0.1, 0.15) is 5.69 Å².